The number of benzene rings is 1. The molecule has 3 fully saturated rings. The zero-order chi connectivity index (χ0) is 21.5. The third-order valence-corrected chi connectivity index (χ3v) is 7.90. The summed E-state index contributed by atoms with van der Waals surface area (Å²) in [6.45, 7) is 2.63. The van der Waals surface area contributed by atoms with E-state index in [9.17, 15) is 8.78 Å². The maximum Gasteiger partial charge on any atom is 0.261 e. The Kier molecular flexibility index (Phi) is 5.26. The minimum Gasteiger partial charge on any atom is -0.493 e. The second-order valence-corrected chi connectivity index (χ2v) is 9.80. The number of hydrogen-bond donors (Lipinski definition) is 0. The van der Waals surface area contributed by atoms with E-state index >= 15 is 0 Å². The molecule has 3 nitrogen and oxygen atoms in total. The Morgan fingerprint density at radius 2 is 1.65 bits per heavy atom. The van der Waals surface area contributed by atoms with Crippen LogP contribution in [0.3, 0.4) is 0 Å². The van der Waals surface area contributed by atoms with E-state index in [2.05, 4.69) is 16.9 Å². The second kappa shape index (κ2) is 7.83. The smallest absolute Gasteiger partial charge is 0.261 e. The molecule has 0 radical (unpaired) electrons. The van der Waals surface area contributed by atoms with E-state index in [-0.39, 0.29) is 5.92 Å². The van der Waals surface area contributed by atoms with Gasteiger partial charge in [0.15, 0.2) is 5.82 Å². The Balaban J connectivity index is 1.08. The van der Waals surface area contributed by atoms with Crippen molar-refractivity contribution in [2.24, 2.45) is 16.7 Å². The lowest BCUT2D eigenvalue weighted by atomic mass is 10.1. The highest BCUT2D eigenvalue weighted by atomic mass is 19.3. The zero-order valence-corrected chi connectivity index (χ0v) is 18.4. The molecule has 0 unspecified atom stereocenters. The molecule has 3 aliphatic rings. The van der Waals surface area contributed by atoms with E-state index < -0.39 is 16.8 Å². The predicted molar refractivity (Wildman–Crippen MR) is 117 cm³/mol. The Labute approximate surface area is 183 Å². The number of unbranched alkanes of at least 4 members (excludes halogenated alkanes) is 5. The minimum atomic E-state index is -2.45. The molecule has 0 N–H and O–H groups in total. The molecule has 1 aromatic heterocycles. The third-order valence-electron chi connectivity index (χ3n) is 7.90. The number of nitrogens with zero attached hydrogens (tertiary/aromatic N) is 2. The average molecular weight is 427 g/mol. The van der Waals surface area contributed by atoms with Gasteiger partial charge in [0.1, 0.15) is 5.75 Å². The highest BCUT2D eigenvalue weighted by molar-refractivity contribution is 5.56. The van der Waals surface area contributed by atoms with E-state index in [0.29, 0.717) is 31.7 Å². The van der Waals surface area contributed by atoms with Crippen molar-refractivity contribution < 1.29 is 13.5 Å². The predicted octanol–water partition coefficient (Wildman–Crippen LogP) is 6.86. The van der Waals surface area contributed by atoms with E-state index in [1.165, 1.54) is 44.1 Å². The van der Waals surface area contributed by atoms with E-state index in [4.69, 9.17) is 4.74 Å². The fourth-order valence-electron chi connectivity index (χ4n) is 5.72. The van der Waals surface area contributed by atoms with Gasteiger partial charge in [0.05, 0.1) is 12.0 Å². The van der Waals surface area contributed by atoms with Crippen molar-refractivity contribution in [3.8, 4) is 17.1 Å². The molecule has 2 atom stereocenters. The molecular formula is C26H32F2N2O. The number of fused-ring (bicyclic) bond motifs is 1. The van der Waals surface area contributed by atoms with Gasteiger partial charge >= 0.3 is 0 Å². The fraction of sp³-hybridized carbons (Fsp3) is 0.615. The van der Waals surface area contributed by atoms with Crippen LogP contribution in [0.1, 0.15) is 70.3 Å². The lowest BCUT2D eigenvalue weighted by Gasteiger charge is -2.07. The van der Waals surface area contributed by atoms with Crippen LogP contribution >= 0.6 is 0 Å². The van der Waals surface area contributed by atoms with Crippen molar-refractivity contribution >= 4 is 0 Å². The summed E-state index contributed by atoms with van der Waals surface area (Å²) in [5.74, 6) is -1.02. The van der Waals surface area contributed by atoms with Gasteiger partial charge in [-0.05, 0) is 61.9 Å². The zero-order valence-electron chi connectivity index (χ0n) is 18.4. The molecule has 1 aromatic carbocycles. The summed E-state index contributed by atoms with van der Waals surface area (Å²) in [6.07, 6.45) is 14.6. The molecule has 5 heteroatoms. The Morgan fingerprint density at radius 3 is 2.29 bits per heavy atom. The second-order valence-electron chi connectivity index (χ2n) is 9.80. The maximum atomic E-state index is 14.1. The standard InChI is InChI=1S/C26H32F2N2O/c1-2-3-4-5-6-7-8-19-16-29-23(30-17-19)20-9-11-22(12-10-20)31-18-21-15-25(21)24(13-14-24)26(25,27)28/h9-12,16-17,21H,2-8,13-15,18H2,1H3/t21-,25+/m1/s1. The van der Waals surface area contributed by atoms with Gasteiger partial charge in [0, 0.05) is 29.3 Å². The molecule has 2 spiro atoms. The van der Waals surface area contributed by atoms with Crippen LogP contribution in [0.15, 0.2) is 36.7 Å². The molecule has 31 heavy (non-hydrogen) atoms. The Morgan fingerprint density at radius 1 is 0.968 bits per heavy atom. The molecule has 3 saturated carbocycles. The molecule has 5 rings (SSSR count). The molecule has 166 valence electrons. The summed E-state index contributed by atoms with van der Waals surface area (Å²) in [7, 11) is 0. The monoisotopic (exact) mass is 426 g/mol. The van der Waals surface area contributed by atoms with Gasteiger partial charge in [-0.2, -0.15) is 0 Å². The average Bonchev–Trinajstić information content (AvgIpc) is 3.70. The van der Waals surface area contributed by atoms with Crippen molar-refractivity contribution in [1.82, 2.24) is 9.97 Å². The van der Waals surface area contributed by atoms with Gasteiger partial charge in [0.25, 0.3) is 5.92 Å². The van der Waals surface area contributed by atoms with Crippen LogP contribution in [0.2, 0.25) is 0 Å². The number of alkyl halides is 2. The van der Waals surface area contributed by atoms with Crippen molar-refractivity contribution in [3.05, 3.63) is 42.2 Å². The largest absolute Gasteiger partial charge is 0.493 e. The van der Waals surface area contributed by atoms with Crippen LogP contribution in [0.5, 0.6) is 5.75 Å². The SMILES string of the molecule is CCCCCCCCc1cnc(-c2ccc(OC[C@H]3C[C@]34C(F)(F)C43CC3)cc2)nc1. The Bertz CT molecular complexity index is 902. The van der Waals surface area contributed by atoms with Gasteiger partial charge in [-0.1, -0.05) is 39.0 Å². The highest BCUT2D eigenvalue weighted by Crippen LogP contribution is 2.97. The lowest BCUT2D eigenvalue weighted by Crippen LogP contribution is -2.04. The van der Waals surface area contributed by atoms with Crippen molar-refractivity contribution in [2.75, 3.05) is 6.61 Å². The van der Waals surface area contributed by atoms with Gasteiger partial charge in [-0.25, -0.2) is 18.7 Å². The quantitative estimate of drug-likeness (QED) is 0.368. The van der Waals surface area contributed by atoms with Crippen molar-refractivity contribution in [1.29, 1.82) is 0 Å². The first kappa shape index (κ1) is 20.8. The van der Waals surface area contributed by atoms with Gasteiger partial charge in [-0.15, -0.1) is 0 Å². The van der Waals surface area contributed by atoms with Crippen LogP contribution in [0.25, 0.3) is 11.4 Å². The molecule has 0 amide bonds. The first-order valence-electron chi connectivity index (χ1n) is 12.0. The minimum absolute atomic E-state index is 0.00667. The highest BCUT2D eigenvalue weighted by Gasteiger charge is 3.02. The number of rotatable bonds is 11. The first-order valence-corrected chi connectivity index (χ1v) is 12.0. The van der Waals surface area contributed by atoms with Gasteiger partial charge in [0.2, 0.25) is 0 Å². The third kappa shape index (κ3) is 3.44. The van der Waals surface area contributed by atoms with E-state index in [1.807, 2.05) is 36.7 Å². The molecule has 1 heterocycles. The summed E-state index contributed by atoms with van der Waals surface area (Å²) >= 11 is 0. The number of aryl methyl sites for hydroxylation is 1. The van der Waals surface area contributed by atoms with Crippen LogP contribution in [0, 0.1) is 16.7 Å². The van der Waals surface area contributed by atoms with Crippen LogP contribution in [-0.2, 0) is 6.42 Å². The lowest BCUT2D eigenvalue weighted by molar-refractivity contribution is 0.0712. The summed E-state index contributed by atoms with van der Waals surface area (Å²) in [6, 6.07) is 7.65. The molecule has 0 aliphatic heterocycles. The summed E-state index contributed by atoms with van der Waals surface area (Å²) in [5, 5.41) is 0. The fourth-order valence-corrected chi connectivity index (χ4v) is 5.72. The van der Waals surface area contributed by atoms with Crippen molar-refractivity contribution in [2.45, 2.75) is 77.1 Å². The number of hydrogen-bond acceptors (Lipinski definition) is 3. The summed E-state index contributed by atoms with van der Waals surface area (Å²) in [4.78, 5) is 9.04. The normalized spacial score (nSPS) is 26.2. The van der Waals surface area contributed by atoms with Crippen LogP contribution < -0.4 is 4.74 Å². The topological polar surface area (TPSA) is 35.0 Å². The maximum absolute atomic E-state index is 14.1. The van der Waals surface area contributed by atoms with Gasteiger partial charge < -0.3 is 4.74 Å². The van der Waals surface area contributed by atoms with E-state index in [0.717, 1.165) is 17.7 Å². The van der Waals surface area contributed by atoms with Gasteiger partial charge in [-0.3, -0.25) is 0 Å². The molecule has 0 saturated heterocycles. The molecule has 3 aliphatic carbocycles. The molecule has 0 bridgehead atoms. The Hall–Kier alpha value is -2.04. The van der Waals surface area contributed by atoms with Crippen molar-refractivity contribution in [3.63, 3.8) is 0 Å². The first-order chi connectivity index (χ1) is 15.0. The number of aromatic nitrogens is 2. The number of ether oxygens (including phenoxy) is 1. The summed E-state index contributed by atoms with van der Waals surface area (Å²) < 4.78 is 34.1. The van der Waals surface area contributed by atoms with Crippen LogP contribution in [0.4, 0.5) is 8.78 Å². The molecule has 2 aromatic rings. The number of halogens is 2. The van der Waals surface area contributed by atoms with Crippen LogP contribution in [-0.4, -0.2) is 22.5 Å². The molecular weight excluding hydrogens is 394 g/mol. The summed E-state index contributed by atoms with van der Waals surface area (Å²) in [5.41, 5.74) is 0.761. The van der Waals surface area contributed by atoms with E-state index in [1.54, 1.807) is 0 Å².